The van der Waals surface area contributed by atoms with Crippen molar-refractivity contribution in [1.82, 2.24) is 14.4 Å². The van der Waals surface area contributed by atoms with Crippen LogP contribution in [-0.2, 0) is 0 Å². The summed E-state index contributed by atoms with van der Waals surface area (Å²) in [5.74, 6) is 2.38. The summed E-state index contributed by atoms with van der Waals surface area (Å²) >= 11 is 0. The number of aryl methyl sites for hydroxylation is 2. The molecular weight excluding hydrogens is 340 g/mol. The molecule has 4 aromatic rings. The van der Waals surface area contributed by atoms with E-state index in [0.717, 1.165) is 39.9 Å². The molecular formula is C21H18N4O2. The summed E-state index contributed by atoms with van der Waals surface area (Å²) in [5, 5.41) is 3.56. The van der Waals surface area contributed by atoms with E-state index >= 15 is 0 Å². The first-order valence-corrected chi connectivity index (χ1v) is 8.75. The minimum Gasteiger partial charge on any atom is -0.454 e. The quantitative estimate of drug-likeness (QED) is 0.585. The van der Waals surface area contributed by atoms with Crippen LogP contribution < -0.4 is 14.8 Å². The number of rotatable bonds is 3. The van der Waals surface area contributed by atoms with E-state index in [4.69, 9.17) is 14.5 Å². The first-order chi connectivity index (χ1) is 13.2. The van der Waals surface area contributed by atoms with E-state index in [1.807, 2.05) is 28.8 Å². The van der Waals surface area contributed by atoms with Crippen LogP contribution in [0, 0.1) is 13.8 Å². The SMILES string of the molecule is Cc1ccc(Nc2c(-c3ccc4c(c3)OCO4)nc3cnccn23)c(C)c1. The second kappa shape index (κ2) is 6.02. The van der Waals surface area contributed by atoms with Gasteiger partial charge in [-0.15, -0.1) is 0 Å². The second-order valence-electron chi connectivity index (χ2n) is 6.62. The second-order valence-corrected chi connectivity index (χ2v) is 6.62. The topological polar surface area (TPSA) is 60.7 Å². The molecule has 6 heteroatoms. The summed E-state index contributed by atoms with van der Waals surface area (Å²) in [6.45, 7) is 4.44. The van der Waals surface area contributed by atoms with E-state index in [0.29, 0.717) is 0 Å². The number of hydrogen-bond acceptors (Lipinski definition) is 5. The number of nitrogens with zero attached hydrogens (tertiary/aromatic N) is 3. The summed E-state index contributed by atoms with van der Waals surface area (Å²) in [5.41, 5.74) is 6.02. The van der Waals surface area contributed by atoms with Crippen LogP contribution >= 0.6 is 0 Å². The Morgan fingerprint density at radius 3 is 2.81 bits per heavy atom. The number of hydrogen-bond donors (Lipinski definition) is 1. The number of benzene rings is 2. The molecule has 0 fully saturated rings. The van der Waals surface area contributed by atoms with E-state index in [1.54, 1.807) is 12.4 Å². The third-order valence-corrected chi connectivity index (χ3v) is 4.71. The van der Waals surface area contributed by atoms with Crippen LogP contribution in [0.4, 0.5) is 11.5 Å². The standard InChI is InChI=1S/C21H18N4O2/c1-13-3-5-16(14(2)9-13)23-21-20(24-19-11-22-7-8-25(19)21)15-4-6-17-18(10-15)27-12-26-17/h3-11,23H,12H2,1-2H3. The average Bonchev–Trinajstić information content (AvgIpc) is 3.28. The Balaban J connectivity index is 1.67. The lowest BCUT2D eigenvalue weighted by Crippen LogP contribution is -1.99. The smallest absolute Gasteiger partial charge is 0.231 e. The van der Waals surface area contributed by atoms with Gasteiger partial charge < -0.3 is 14.8 Å². The molecule has 134 valence electrons. The molecule has 6 nitrogen and oxygen atoms in total. The highest BCUT2D eigenvalue weighted by Gasteiger charge is 2.19. The van der Waals surface area contributed by atoms with Crippen molar-refractivity contribution in [3.8, 4) is 22.8 Å². The zero-order chi connectivity index (χ0) is 18.4. The zero-order valence-electron chi connectivity index (χ0n) is 15.1. The number of ether oxygens (including phenoxy) is 2. The van der Waals surface area contributed by atoms with Crippen LogP contribution in [0.25, 0.3) is 16.9 Å². The highest BCUT2D eigenvalue weighted by Crippen LogP contribution is 2.38. The molecule has 0 aliphatic carbocycles. The fourth-order valence-electron chi connectivity index (χ4n) is 3.35. The molecule has 27 heavy (non-hydrogen) atoms. The first kappa shape index (κ1) is 15.7. The van der Waals surface area contributed by atoms with Gasteiger partial charge in [0.2, 0.25) is 6.79 Å². The predicted octanol–water partition coefficient (Wildman–Crippen LogP) is 4.49. The fourth-order valence-corrected chi connectivity index (χ4v) is 3.35. The van der Waals surface area contributed by atoms with E-state index in [2.05, 4.69) is 42.3 Å². The fraction of sp³-hybridized carbons (Fsp3) is 0.143. The number of fused-ring (bicyclic) bond motifs is 2. The third kappa shape index (κ3) is 2.66. The molecule has 0 bridgehead atoms. The maximum Gasteiger partial charge on any atom is 0.231 e. The molecule has 2 aromatic carbocycles. The van der Waals surface area contributed by atoms with Crippen molar-refractivity contribution in [3.63, 3.8) is 0 Å². The molecule has 1 N–H and O–H groups in total. The van der Waals surface area contributed by atoms with Gasteiger partial charge in [0.05, 0.1) is 6.20 Å². The van der Waals surface area contributed by atoms with Gasteiger partial charge in [-0.1, -0.05) is 17.7 Å². The van der Waals surface area contributed by atoms with Gasteiger partial charge in [-0.25, -0.2) is 4.98 Å². The minimum atomic E-state index is 0.252. The van der Waals surface area contributed by atoms with E-state index in [-0.39, 0.29) is 6.79 Å². The van der Waals surface area contributed by atoms with Crippen molar-refractivity contribution >= 4 is 17.2 Å². The zero-order valence-corrected chi connectivity index (χ0v) is 15.1. The van der Waals surface area contributed by atoms with Gasteiger partial charge in [-0.2, -0.15) is 0 Å². The Bertz CT molecular complexity index is 1170. The van der Waals surface area contributed by atoms with Gasteiger partial charge in [0, 0.05) is 23.6 Å². The van der Waals surface area contributed by atoms with Crippen LogP contribution in [0.2, 0.25) is 0 Å². The lowest BCUT2D eigenvalue weighted by atomic mass is 10.1. The van der Waals surface area contributed by atoms with Crippen LogP contribution in [0.5, 0.6) is 11.5 Å². The van der Waals surface area contributed by atoms with Gasteiger partial charge in [0.1, 0.15) is 11.5 Å². The monoisotopic (exact) mass is 358 g/mol. The normalized spacial score (nSPS) is 12.5. The predicted molar refractivity (Wildman–Crippen MR) is 104 cm³/mol. The summed E-state index contributed by atoms with van der Waals surface area (Å²) in [6.07, 6.45) is 5.42. The maximum atomic E-state index is 5.54. The van der Waals surface area contributed by atoms with Gasteiger partial charge >= 0.3 is 0 Å². The number of imidazole rings is 1. The Kier molecular flexibility index (Phi) is 3.50. The maximum absolute atomic E-state index is 5.54. The van der Waals surface area contributed by atoms with Crippen molar-refractivity contribution < 1.29 is 9.47 Å². The number of nitrogens with one attached hydrogen (secondary N) is 1. The molecule has 0 amide bonds. The van der Waals surface area contributed by atoms with Crippen molar-refractivity contribution in [2.24, 2.45) is 0 Å². The first-order valence-electron chi connectivity index (χ1n) is 8.75. The molecule has 0 saturated carbocycles. The molecule has 0 saturated heterocycles. The Morgan fingerprint density at radius 1 is 1.04 bits per heavy atom. The van der Waals surface area contributed by atoms with Crippen molar-refractivity contribution in [2.45, 2.75) is 13.8 Å². The van der Waals surface area contributed by atoms with Crippen LogP contribution in [0.15, 0.2) is 55.0 Å². The lowest BCUT2D eigenvalue weighted by Gasteiger charge is -2.12. The summed E-state index contributed by atoms with van der Waals surface area (Å²) in [6, 6.07) is 12.2. The van der Waals surface area contributed by atoms with Gasteiger partial charge in [0.15, 0.2) is 17.1 Å². The van der Waals surface area contributed by atoms with E-state index in [1.165, 1.54) is 11.1 Å². The van der Waals surface area contributed by atoms with Gasteiger partial charge in [-0.05, 0) is 43.7 Å². The molecule has 1 aliphatic rings. The highest BCUT2D eigenvalue weighted by atomic mass is 16.7. The summed E-state index contributed by atoms with van der Waals surface area (Å²) < 4.78 is 13.0. The molecule has 5 rings (SSSR count). The van der Waals surface area contributed by atoms with Crippen molar-refractivity contribution in [1.29, 1.82) is 0 Å². The number of aromatic nitrogens is 3. The third-order valence-electron chi connectivity index (χ3n) is 4.71. The highest BCUT2D eigenvalue weighted by molar-refractivity contribution is 5.81. The van der Waals surface area contributed by atoms with Crippen LogP contribution in [-0.4, -0.2) is 21.2 Å². The molecule has 0 spiro atoms. The average molecular weight is 358 g/mol. The molecule has 0 radical (unpaired) electrons. The summed E-state index contributed by atoms with van der Waals surface area (Å²) in [4.78, 5) is 8.99. The van der Waals surface area contributed by atoms with Crippen LogP contribution in [0.3, 0.4) is 0 Å². The van der Waals surface area contributed by atoms with Crippen LogP contribution in [0.1, 0.15) is 11.1 Å². The molecule has 0 unspecified atom stereocenters. The molecule has 0 atom stereocenters. The van der Waals surface area contributed by atoms with Crippen molar-refractivity contribution in [2.75, 3.05) is 12.1 Å². The van der Waals surface area contributed by atoms with Crippen molar-refractivity contribution in [3.05, 3.63) is 66.1 Å². The van der Waals surface area contributed by atoms with Gasteiger partial charge in [0.25, 0.3) is 0 Å². The number of anilines is 2. The lowest BCUT2D eigenvalue weighted by molar-refractivity contribution is 0.174. The molecule has 3 heterocycles. The molecule has 1 aliphatic heterocycles. The van der Waals surface area contributed by atoms with E-state index < -0.39 is 0 Å². The summed E-state index contributed by atoms with van der Waals surface area (Å²) in [7, 11) is 0. The van der Waals surface area contributed by atoms with E-state index in [9.17, 15) is 0 Å². The molecule has 2 aromatic heterocycles. The Hall–Kier alpha value is -3.54. The van der Waals surface area contributed by atoms with Gasteiger partial charge in [-0.3, -0.25) is 9.38 Å². The minimum absolute atomic E-state index is 0.252. The Morgan fingerprint density at radius 2 is 1.93 bits per heavy atom. The Labute approximate surface area is 156 Å². The largest absolute Gasteiger partial charge is 0.454 e.